The van der Waals surface area contributed by atoms with Crippen molar-refractivity contribution < 1.29 is 28.1 Å². The Morgan fingerprint density at radius 3 is 2.35 bits per heavy atom. The number of nitrogens with two attached hydrogens (primary N) is 1. The highest BCUT2D eigenvalue weighted by atomic mass is 19.4. The van der Waals surface area contributed by atoms with E-state index in [2.05, 4.69) is 0 Å². The second-order valence-corrected chi connectivity index (χ2v) is 3.34. The van der Waals surface area contributed by atoms with Crippen molar-refractivity contribution in [1.82, 2.24) is 0 Å². The number of carbonyl (C=O) groups is 1. The number of halogens is 3. The molecule has 1 amide bonds. The largest absolute Gasteiger partial charge is 0.449 e. The summed E-state index contributed by atoms with van der Waals surface area (Å²) in [6.07, 6.45) is -4.73. The van der Waals surface area contributed by atoms with E-state index in [-0.39, 0.29) is 11.0 Å². The molecule has 4 N–H and O–H groups in total. The predicted molar refractivity (Wildman–Crippen MR) is 54.9 cm³/mol. The van der Waals surface area contributed by atoms with E-state index in [0.29, 0.717) is 6.07 Å². The van der Waals surface area contributed by atoms with Crippen LogP contribution in [0.25, 0.3) is 0 Å². The number of benzene rings is 1. The molecule has 0 bridgehead atoms. The smallest absolute Gasteiger partial charge is 0.416 e. The SMILES string of the molecule is NC(=O)c1cc(BO)c(CO)c(C(F)(F)F)c1. The molecule has 17 heavy (non-hydrogen) atoms. The summed E-state index contributed by atoms with van der Waals surface area (Å²) in [7, 11) is -0.722. The molecule has 8 heteroatoms. The second-order valence-electron chi connectivity index (χ2n) is 3.34. The maximum atomic E-state index is 12.7. The fourth-order valence-electron chi connectivity index (χ4n) is 1.46. The van der Waals surface area contributed by atoms with Crippen LogP contribution >= 0.6 is 0 Å². The van der Waals surface area contributed by atoms with Gasteiger partial charge in [0.15, 0.2) is 0 Å². The molecular formula is C9H9BF3NO3. The lowest BCUT2D eigenvalue weighted by molar-refractivity contribution is -0.138. The van der Waals surface area contributed by atoms with Gasteiger partial charge in [0, 0.05) is 5.56 Å². The average molecular weight is 247 g/mol. The van der Waals surface area contributed by atoms with E-state index in [9.17, 15) is 18.0 Å². The number of aliphatic hydroxyl groups excluding tert-OH is 1. The van der Waals surface area contributed by atoms with E-state index in [4.69, 9.17) is 15.9 Å². The van der Waals surface area contributed by atoms with Crippen LogP contribution < -0.4 is 11.2 Å². The van der Waals surface area contributed by atoms with Gasteiger partial charge in [-0.1, -0.05) is 6.07 Å². The summed E-state index contributed by atoms with van der Waals surface area (Å²) in [5.41, 5.74) is 2.74. The van der Waals surface area contributed by atoms with E-state index < -0.39 is 37.3 Å². The first-order valence-electron chi connectivity index (χ1n) is 4.55. The number of primary amides is 1. The van der Waals surface area contributed by atoms with Gasteiger partial charge in [-0.2, -0.15) is 13.2 Å². The molecule has 0 radical (unpaired) electrons. The number of carbonyl (C=O) groups excluding carboxylic acids is 1. The van der Waals surface area contributed by atoms with Gasteiger partial charge in [-0.05, 0) is 17.1 Å². The molecule has 1 aromatic rings. The minimum Gasteiger partial charge on any atom is -0.449 e. The summed E-state index contributed by atoms with van der Waals surface area (Å²) >= 11 is 0. The Bertz CT molecular complexity index is 448. The number of amides is 1. The standard InChI is InChI=1S/C9H9BF3NO3/c11-9(12,13)6-1-4(8(14)16)2-7(10-17)5(6)3-15/h1-2,10,15,17H,3H2,(H2,14,16). The Morgan fingerprint density at radius 1 is 1.41 bits per heavy atom. The molecule has 92 valence electrons. The summed E-state index contributed by atoms with van der Waals surface area (Å²) < 4.78 is 38.0. The summed E-state index contributed by atoms with van der Waals surface area (Å²) in [5.74, 6) is -1.03. The summed E-state index contributed by atoms with van der Waals surface area (Å²) in [6, 6.07) is 1.59. The van der Waals surface area contributed by atoms with Crippen molar-refractivity contribution in [1.29, 1.82) is 0 Å². The van der Waals surface area contributed by atoms with Crippen molar-refractivity contribution >= 4 is 18.9 Å². The molecule has 1 aromatic carbocycles. The van der Waals surface area contributed by atoms with Crippen LogP contribution in [0.3, 0.4) is 0 Å². The first-order valence-corrected chi connectivity index (χ1v) is 4.55. The summed E-state index contributed by atoms with van der Waals surface area (Å²) in [4.78, 5) is 10.9. The van der Waals surface area contributed by atoms with Crippen LogP contribution in [0.4, 0.5) is 13.2 Å². The lowest BCUT2D eigenvalue weighted by atomic mass is 9.81. The Hall–Kier alpha value is -1.54. The van der Waals surface area contributed by atoms with Gasteiger partial charge in [-0.15, -0.1) is 0 Å². The molecule has 0 unspecified atom stereocenters. The number of hydrogen-bond acceptors (Lipinski definition) is 3. The number of hydrogen-bond donors (Lipinski definition) is 3. The van der Waals surface area contributed by atoms with Crippen molar-refractivity contribution in [2.75, 3.05) is 0 Å². The zero-order chi connectivity index (χ0) is 13.2. The minimum absolute atomic E-state index is 0.170. The first-order chi connectivity index (χ1) is 7.81. The molecule has 0 heterocycles. The molecule has 0 atom stereocenters. The molecule has 0 aliphatic heterocycles. The monoisotopic (exact) mass is 247 g/mol. The molecule has 0 saturated carbocycles. The van der Waals surface area contributed by atoms with Gasteiger partial charge >= 0.3 is 13.7 Å². The molecule has 0 fully saturated rings. The molecule has 1 rings (SSSR count). The highest BCUT2D eigenvalue weighted by molar-refractivity contribution is 6.46. The third-order valence-electron chi connectivity index (χ3n) is 2.26. The Kier molecular flexibility index (Phi) is 3.79. The fourth-order valence-corrected chi connectivity index (χ4v) is 1.46. The van der Waals surface area contributed by atoms with E-state index in [1.807, 2.05) is 0 Å². The van der Waals surface area contributed by atoms with Crippen molar-refractivity contribution in [2.45, 2.75) is 12.8 Å². The van der Waals surface area contributed by atoms with Crippen LogP contribution in [0.2, 0.25) is 0 Å². The average Bonchev–Trinajstić information content (AvgIpc) is 2.25. The third-order valence-corrected chi connectivity index (χ3v) is 2.26. The van der Waals surface area contributed by atoms with Crippen LogP contribution in [0.15, 0.2) is 12.1 Å². The van der Waals surface area contributed by atoms with Crippen molar-refractivity contribution in [3.63, 3.8) is 0 Å². The Labute approximate surface area is 95.1 Å². The van der Waals surface area contributed by atoms with E-state index >= 15 is 0 Å². The fraction of sp³-hybridized carbons (Fsp3) is 0.222. The molecule has 0 aliphatic carbocycles. The highest BCUT2D eigenvalue weighted by Gasteiger charge is 2.35. The molecule has 0 saturated heterocycles. The van der Waals surface area contributed by atoms with Crippen LogP contribution in [0.5, 0.6) is 0 Å². The number of aliphatic hydroxyl groups is 1. The molecular weight excluding hydrogens is 238 g/mol. The number of alkyl halides is 3. The molecule has 4 nitrogen and oxygen atoms in total. The van der Waals surface area contributed by atoms with Gasteiger partial charge in [0.25, 0.3) is 0 Å². The third kappa shape index (κ3) is 2.77. The van der Waals surface area contributed by atoms with Gasteiger partial charge in [0.1, 0.15) is 0 Å². The maximum Gasteiger partial charge on any atom is 0.416 e. The molecule has 0 aromatic heterocycles. The first kappa shape index (κ1) is 13.5. The van der Waals surface area contributed by atoms with Gasteiger partial charge < -0.3 is 15.9 Å². The maximum absolute atomic E-state index is 12.7. The van der Waals surface area contributed by atoms with Gasteiger partial charge in [-0.25, -0.2) is 0 Å². The second kappa shape index (κ2) is 4.76. The topological polar surface area (TPSA) is 83.6 Å². The van der Waals surface area contributed by atoms with E-state index in [1.165, 1.54) is 0 Å². The summed E-state index contributed by atoms with van der Waals surface area (Å²) in [5, 5.41) is 17.8. The van der Waals surface area contributed by atoms with Gasteiger partial charge in [0.2, 0.25) is 5.91 Å². The van der Waals surface area contributed by atoms with Crippen LogP contribution in [0, 0.1) is 0 Å². The van der Waals surface area contributed by atoms with Crippen LogP contribution in [-0.2, 0) is 12.8 Å². The Morgan fingerprint density at radius 2 is 2.00 bits per heavy atom. The van der Waals surface area contributed by atoms with Crippen LogP contribution in [0.1, 0.15) is 21.5 Å². The van der Waals surface area contributed by atoms with E-state index in [0.717, 1.165) is 6.07 Å². The lowest BCUT2D eigenvalue weighted by Crippen LogP contribution is -2.27. The van der Waals surface area contributed by atoms with Gasteiger partial charge in [0.05, 0.1) is 12.2 Å². The van der Waals surface area contributed by atoms with E-state index in [1.54, 1.807) is 0 Å². The van der Waals surface area contributed by atoms with Crippen molar-refractivity contribution in [3.05, 3.63) is 28.8 Å². The predicted octanol–water partition coefficient (Wildman–Crippen LogP) is -0.734. The normalized spacial score (nSPS) is 11.4. The Balaban J connectivity index is 3.54. The van der Waals surface area contributed by atoms with Crippen LogP contribution in [-0.4, -0.2) is 23.5 Å². The lowest BCUT2D eigenvalue weighted by Gasteiger charge is -2.15. The number of rotatable bonds is 3. The zero-order valence-electron chi connectivity index (χ0n) is 8.58. The highest BCUT2D eigenvalue weighted by Crippen LogP contribution is 2.32. The quantitative estimate of drug-likeness (QED) is 0.615. The summed E-state index contributed by atoms with van der Waals surface area (Å²) in [6.45, 7) is -0.885. The minimum atomic E-state index is -4.73. The van der Waals surface area contributed by atoms with Crippen molar-refractivity contribution in [3.8, 4) is 0 Å². The zero-order valence-corrected chi connectivity index (χ0v) is 8.58. The molecule has 0 spiro atoms. The van der Waals surface area contributed by atoms with Gasteiger partial charge in [-0.3, -0.25) is 4.79 Å². The molecule has 0 aliphatic rings. The van der Waals surface area contributed by atoms with Crippen molar-refractivity contribution in [2.24, 2.45) is 5.73 Å².